The molecule has 2 rings (SSSR count). The Hall–Kier alpha value is -1.22. The van der Waals surface area contributed by atoms with Gasteiger partial charge < -0.3 is 16.0 Å². The van der Waals surface area contributed by atoms with Crippen molar-refractivity contribution in [2.45, 2.75) is 13.8 Å². The largest absolute Gasteiger partial charge is 0.399 e. The molecule has 0 saturated carbocycles. The van der Waals surface area contributed by atoms with Crippen molar-refractivity contribution in [2.24, 2.45) is 0 Å². The van der Waals surface area contributed by atoms with E-state index in [-0.39, 0.29) is 0 Å². The van der Waals surface area contributed by atoms with Gasteiger partial charge in [-0.15, -0.1) is 0 Å². The molecule has 0 unspecified atom stereocenters. The fourth-order valence-electron chi connectivity index (χ4n) is 1.61. The fraction of sp³-hybridized carbons (Fsp3) is 0.500. The topological polar surface area (TPSA) is 41.3 Å². The maximum Gasteiger partial charge on any atom is 0.0368 e. The summed E-state index contributed by atoms with van der Waals surface area (Å²) in [6, 6.07) is 8.08. The molecule has 1 aliphatic heterocycles. The van der Waals surface area contributed by atoms with Crippen LogP contribution in [-0.4, -0.2) is 26.2 Å². The maximum atomic E-state index is 5.63. The Labute approximate surface area is 92.3 Å². The Morgan fingerprint density at radius 1 is 1.07 bits per heavy atom. The Kier molecular flexibility index (Phi) is 4.98. The predicted octanol–water partition coefficient (Wildman–Crippen LogP) is 1.70. The van der Waals surface area contributed by atoms with Gasteiger partial charge >= 0.3 is 0 Å². The standard InChI is InChI=1S/C10H15N3.C2H6/c11-9-1-3-10(4-2-9)13-7-5-12-6-8-13;1-2/h1-4,12H,5-8,11H2;1-2H3. The third kappa shape index (κ3) is 3.44. The van der Waals surface area contributed by atoms with Crippen molar-refractivity contribution < 1.29 is 0 Å². The van der Waals surface area contributed by atoms with Crippen molar-refractivity contribution in [1.29, 1.82) is 0 Å². The lowest BCUT2D eigenvalue weighted by Gasteiger charge is -2.29. The Balaban J connectivity index is 0.000000531. The van der Waals surface area contributed by atoms with Crippen molar-refractivity contribution >= 4 is 11.4 Å². The van der Waals surface area contributed by atoms with Gasteiger partial charge in [-0.1, -0.05) is 13.8 Å². The van der Waals surface area contributed by atoms with Crippen LogP contribution in [-0.2, 0) is 0 Å². The zero-order valence-electron chi connectivity index (χ0n) is 9.66. The normalized spacial score (nSPS) is 15.5. The zero-order valence-corrected chi connectivity index (χ0v) is 9.66. The summed E-state index contributed by atoms with van der Waals surface area (Å²) in [5.74, 6) is 0. The van der Waals surface area contributed by atoms with E-state index in [9.17, 15) is 0 Å². The highest BCUT2D eigenvalue weighted by molar-refractivity contribution is 5.53. The van der Waals surface area contributed by atoms with Crippen LogP contribution in [0, 0.1) is 0 Å². The molecule has 1 saturated heterocycles. The molecule has 0 aliphatic carbocycles. The lowest BCUT2D eigenvalue weighted by Crippen LogP contribution is -2.43. The van der Waals surface area contributed by atoms with Crippen molar-refractivity contribution in [3.8, 4) is 0 Å². The van der Waals surface area contributed by atoms with Crippen molar-refractivity contribution in [1.82, 2.24) is 5.32 Å². The molecule has 0 amide bonds. The lowest BCUT2D eigenvalue weighted by molar-refractivity contribution is 0.589. The average molecular weight is 207 g/mol. The maximum absolute atomic E-state index is 5.63. The van der Waals surface area contributed by atoms with E-state index in [0.717, 1.165) is 31.9 Å². The monoisotopic (exact) mass is 207 g/mol. The van der Waals surface area contributed by atoms with Crippen LogP contribution in [0.5, 0.6) is 0 Å². The molecule has 1 heterocycles. The molecule has 3 nitrogen and oxygen atoms in total. The summed E-state index contributed by atoms with van der Waals surface area (Å²) in [6.45, 7) is 8.32. The third-order valence-corrected chi connectivity index (χ3v) is 2.38. The predicted molar refractivity (Wildman–Crippen MR) is 67.3 cm³/mol. The van der Waals surface area contributed by atoms with E-state index >= 15 is 0 Å². The summed E-state index contributed by atoms with van der Waals surface area (Å²) in [6.07, 6.45) is 0. The van der Waals surface area contributed by atoms with E-state index in [0.29, 0.717) is 0 Å². The Morgan fingerprint density at radius 3 is 2.13 bits per heavy atom. The molecular weight excluding hydrogens is 186 g/mol. The van der Waals surface area contributed by atoms with Crippen LogP contribution in [0.15, 0.2) is 24.3 Å². The number of piperazine rings is 1. The molecule has 84 valence electrons. The van der Waals surface area contributed by atoms with Crippen LogP contribution in [0.1, 0.15) is 13.8 Å². The van der Waals surface area contributed by atoms with Crippen LogP contribution in [0.25, 0.3) is 0 Å². The highest BCUT2D eigenvalue weighted by atomic mass is 15.2. The van der Waals surface area contributed by atoms with Crippen LogP contribution in [0.3, 0.4) is 0 Å². The van der Waals surface area contributed by atoms with E-state index in [4.69, 9.17) is 5.73 Å². The summed E-state index contributed by atoms with van der Waals surface area (Å²) < 4.78 is 0. The summed E-state index contributed by atoms with van der Waals surface area (Å²) in [5, 5.41) is 3.33. The van der Waals surface area contributed by atoms with E-state index in [2.05, 4.69) is 22.3 Å². The molecule has 15 heavy (non-hydrogen) atoms. The molecule has 3 heteroatoms. The Morgan fingerprint density at radius 2 is 1.60 bits per heavy atom. The summed E-state index contributed by atoms with van der Waals surface area (Å²) in [4.78, 5) is 2.37. The van der Waals surface area contributed by atoms with Gasteiger partial charge in [0.25, 0.3) is 0 Å². The molecule has 0 atom stereocenters. The van der Waals surface area contributed by atoms with E-state index in [1.807, 2.05) is 26.0 Å². The molecule has 1 aliphatic rings. The first-order valence-electron chi connectivity index (χ1n) is 5.67. The van der Waals surface area contributed by atoms with Gasteiger partial charge in [0, 0.05) is 37.6 Å². The molecule has 1 aromatic rings. The van der Waals surface area contributed by atoms with E-state index in [1.54, 1.807) is 0 Å². The van der Waals surface area contributed by atoms with Crippen LogP contribution < -0.4 is 16.0 Å². The van der Waals surface area contributed by atoms with E-state index < -0.39 is 0 Å². The molecule has 0 bridgehead atoms. The number of nitrogens with two attached hydrogens (primary N) is 1. The molecule has 3 N–H and O–H groups in total. The number of nitrogens with zero attached hydrogens (tertiary/aromatic N) is 1. The minimum absolute atomic E-state index is 0.832. The highest BCUT2D eigenvalue weighted by Crippen LogP contribution is 2.16. The second-order valence-corrected chi connectivity index (χ2v) is 3.33. The number of nitrogen functional groups attached to an aromatic ring is 1. The average Bonchev–Trinajstić information content (AvgIpc) is 2.34. The van der Waals surface area contributed by atoms with Gasteiger partial charge in [-0.3, -0.25) is 0 Å². The first kappa shape index (κ1) is 11.9. The van der Waals surface area contributed by atoms with Gasteiger partial charge in [0.05, 0.1) is 0 Å². The van der Waals surface area contributed by atoms with Gasteiger partial charge in [-0.05, 0) is 24.3 Å². The second-order valence-electron chi connectivity index (χ2n) is 3.33. The molecule has 0 radical (unpaired) electrons. The number of benzene rings is 1. The van der Waals surface area contributed by atoms with Crippen molar-refractivity contribution in [3.05, 3.63) is 24.3 Å². The number of anilines is 2. The van der Waals surface area contributed by atoms with Crippen molar-refractivity contribution in [2.75, 3.05) is 36.8 Å². The lowest BCUT2D eigenvalue weighted by atomic mass is 10.2. The Bertz CT molecular complexity index is 263. The van der Waals surface area contributed by atoms with Crippen LogP contribution in [0.4, 0.5) is 11.4 Å². The highest BCUT2D eigenvalue weighted by Gasteiger charge is 2.09. The molecule has 1 aromatic carbocycles. The zero-order chi connectivity index (χ0) is 11.1. The molecule has 1 fully saturated rings. The van der Waals surface area contributed by atoms with Crippen molar-refractivity contribution in [3.63, 3.8) is 0 Å². The van der Waals surface area contributed by atoms with Gasteiger partial charge in [-0.25, -0.2) is 0 Å². The third-order valence-electron chi connectivity index (χ3n) is 2.38. The van der Waals surface area contributed by atoms with Gasteiger partial charge in [0.1, 0.15) is 0 Å². The smallest absolute Gasteiger partial charge is 0.0368 e. The first-order valence-corrected chi connectivity index (χ1v) is 5.67. The van der Waals surface area contributed by atoms with Gasteiger partial charge in [0.2, 0.25) is 0 Å². The number of nitrogens with one attached hydrogen (secondary N) is 1. The second kappa shape index (κ2) is 6.30. The van der Waals surface area contributed by atoms with Gasteiger partial charge in [-0.2, -0.15) is 0 Å². The van der Waals surface area contributed by atoms with Gasteiger partial charge in [0.15, 0.2) is 0 Å². The summed E-state index contributed by atoms with van der Waals surface area (Å²) in [7, 11) is 0. The fourth-order valence-corrected chi connectivity index (χ4v) is 1.61. The number of hydrogen-bond acceptors (Lipinski definition) is 3. The number of hydrogen-bond donors (Lipinski definition) is 2. The summed E-state index contributed by atoms with van der Waals surface area (Å²) >= 11 is 0. The minimum Gasteiger partial charge on any atom is -0.399 e. The van der Waals surface area contributed by atoms with E-state index in [1.165, 1.54) is 5.69 Å². The van der Waals surface area contributed by atoms with Crippen LogP contribution in [0.2, 0.25) is 0 Å². The minimum atomic E-state index is 0.832. The quantitative estimate of drug-likeness (QED) is 0.689. The molecule has 0 aromatic heterocycles. The molecular formula is C12H21N3. The SMILES string of the molecule is CC.Nc1ccc(N2CCNCC2)cc1. The number of rotatable bonds is 1. The summed E-state index contributed by atoms with van der Waals surface area (Å²) in [5.41, 5.74) is 7.73. The molecule has 0 spiro atoms. The first-order chi connectivity index (χ1) is 7.36. The van der Waals surface area contributed by atoms with Crippen LogP contribution >= 0.6 is 0 Å².